The topological polar surface area (TPSA) is 47.8 Å². The Morgan fingerprint density at radius 1 is 1.14 bits per heavy atom. The van der Waals surface area contributed by atoms with Gasteiger partial charge >= 0.3 is 0 Å². The van der Waals surface area contributed by atoms with Gasteiger partial charge in [-0.05, 0) is 29.9 Å². The van der Waals surface area contributed by atoms with Gasteiger partial charge in [0.15, 0.2) is 10.7 Å². The minimum atomic E-state index is -0.0579. The summed E-state index contributed by atoms with van der Waals surface area (Å²) < 4.78 is 1.75. The van der Waals surface area contributed by atoms with Gasteiger partial charge in [-0.2, -0.15) is 0 Å². The summed E-state index contributed by atoms with van der Waals surface area (Å²) in [5.74, 6) is 0.879. The Labute approximate surface area is 133 Å². The first kappa shape index (κ1) is 14.8. The Morgan fingerprint density at radius 2 is 1.95 bits per heavy atom. The summed E-state index contributed by atoms with van der Waals surface area (Å²) in [4.78, 5) is 21.5. The predicted molar refractivity (Wildman–Crippen MR) is 90.3 cm³/mol. The van der Waals surface area contributed by atoms with Crippen molar-refractivity contribution in [2.24, 2.45) is 0 Å². The van der Waals surface area contributed by atoms with E-state index in [9.17, 15) is 4.79 Å². The van der Waals surface area contributed by atoms with E-state index in [4.69, 9.17) is 0 Å². The molecule has 0 aliphatic carbocycles. The lowest BCUT2D eigenvalue weighted by atomic mass is 10.1. The number of thioether (sulfide) groups is 1. The molecule has 0 N–H and O–H groups in total. The molecule has 2 aromatic heterocycles. The Morgan fingerprint density at radius 3 is 2.73 bits per heavy atom. The molecular weight excluding hydrogens is 294 g/mol. The minimum Gasteiger partial charge on any atom is -0.285 e. The molecule has 0 spiro atoms. The Hall–Kier alpha value is -2.14. The number of nitrogens with zero attached hydrogens (tertiary/aromatic N) is 3. The molecular formula is C17H17N3OS. The van der Waals surface area contributed by atoms with Crippen molar-refractivity contribution < 1.29 is 0 Å². The van der Waals surface area contributed by atoms with E-state index in [0.29, 0.717) is 17.6 Å². The van der Waals surface area contributed by atoms with E-state index in [1.165, 1.54) is 5.56 Å². The summed E-state index contributed by atoms with van der Waals surface area (Å²) in [6.07, 6.45) is 2.44. The molecule has 0 saturated carbocycles. The number of hydrogen-bond acceptors (Lipinski definition) is 4. The number of pyridine rings is 1. The Bertz CT molecular complexity index is 830. The first-order valence-electron chi connectivity index (χ1n) is 7.32. The molecule has 0 fully saturated rings. The summed E-state index contributed by atoms with van der Waals surface area (Å²) >= 11 is 1.59. The van der Waals surface area contributed by atoms with E-state index >= 15 is 0 Å². The Balaban J connectivity index is 2.00. The molecule has 4 nitrogen and oxygen atoms in total. The highest BCUT2D eigenvalue weighted by molar-refractivity contribution is 7.99. The third-order valence-electron chi connectivity index (χ3n) is 3.42. The number of hydrogen-bond donors (Lipinski definition) is 0. The maximum atomic E-state index is 12.7. The van der Waals surface area contributed by atoms with E-state index in [-0.39, 0.29) is 5.56 Å². The number of benzene rings is 1. The van der Waals surface area contributed by atoms with Gasteiger partial charge in [0.05, 0.1) is 5.52 Å². The fraction of sp³-hybridized carbons (Fsp3) is 0.235. The molecule has 0 amide bonds. The maximum Gasteiger partial charge on any atom is 0.280 e. The van der Waals surface area contributed by atoms with Crippen LogP contribution < -0.4 is 5.56 Å². The van der Waals surface area contributed by atoms with Crippen LogP contribution in [-0.2, 0) is 13.0 Å². The number of fused-ring (bicyclic) bond motifs is 1. The Kier molecular flexibility index (Phi) is 4.53. The van der Waals surface area contributed by atoms with Crippen LogP contribution in [0.3, 0.4) is 0 Å². The highest BCUT2D eigenvalue weighted by Gasteiger charge is 2.11. The molecule has 0 aliphatic heterocycles. The second kappa shape index (κ2) is 6.75. The predicted octanol–water partition coefficient (Wildman–Crippen LogP) is 3.15. The average molecular weight is 311 g/mol. The van der Waals surface area contributed by atoms with Gasteiger partial charge in [-0.3, -0.25) is 9.36 Å². The van der Waals surface area contributed by atoms with E-state index in [1.807, 2.05) is 30.3 Å². The lowest BCUT2D eigenvalue weighted by Gasteiger charge is -2.12. The van der Waals surface area contributed by atoms with Crippen molar-refractivity contribution in [2.45, 2.75) is 25.0 Å². The SMILES string of the molecule is CCSc1nc2cccnc2c(=O)n1CCc1ccccc1. The molecule has 112 valence electrons. The zero-order valence-corrected chi connectivity index (χ0v) is 13.2. The standard InChI is InChI=1S/C17H17N3OS/c1-2-22-17-19-14-9-6-11-18-15(14)16(21)20(17)12-10-13-7-4-3-5-8-13/h3-9,11H,2,10,12H2,1H3. The van der Waals surface area contributed by atoms with Crippen LogP contribution in [0.5, 0.6) is 0 Å². The monoisotopic (exact) mass is 311 g/mol. The smallest absolute Gasteiger partial charge is 0.280 e. The van der Waals surface area contributed by atoms with E-state index < -0.39 is 0 Å². The third kappa shape index (κ3) is 3.04. The van der Waals surface area contributed by atoms with Crippen LogP contribution >= 0.6 is 11.8 Å². The first-order chi connectivity index (χ1) is 10.8. The van der Waals surface area contributed by atoms with Gasteiger partial charge < -0.3 is 0 Å². The van der Waals surface area contributed by atoms with Crippen LogP contribution in [0.15, 0.2) is 58.6 Å². The molecule has 0 unspecified atom stereocenters. The van der Waals surface area contributed by atoms with Crippen LogP contribution in [-0.4, -0.2) is 20.3 Å². The molecule has 0 saturated heterocycles. The van der Waals surface area contributed by atoms with Gasteiger partial charge in [0.2, 0.25) is 0 Å². The van der Waals surface area contributed by atoms with Gasteiger partial charge in [0, 0.05) is 12.7 Å². The summed E-state index contributed by atoms with van der Waals surface area (Å²) in [5.41, 5.74) is 2.26. The molecule has 5 heteroatoms. The zero-order chi connectivity index (χ0) is 15.4. The molecule has 3 rings (SSSR count). The molecule has 1 aromatic carbocycles. The zero-order valence-electron chi connectivity index (χ0n) is 12.4. The fourth-order valence-corrected chi connectivity index (χ4v) is 3.10. The number of aryl methyl sites for hydroxylation is 1. The fourth-order valence-electron chi connectivity index (χ4n) is 2.35. The summed E-state index contributed by atoms with van der Waals surface area (Å²) in [6.45, 7) is 2.68. The molecule has 2 heterocycles. The third-order valence-corrected chi connectivity index (χ3v) is 4.28. The maximum absolute atomic E-state index is 12.7. The van der Waals surface area contributed by atoms with Gasteiger partial charge in [-0.25, -0.2) is 9.97 Å². The first-order valence-corrected chi connectivity index (χ1v) is 8.30. The highest BCUT2D eigenvalue weighted by atomic mass is 32.2. The van der Waals surface area contributed by atoms with Gasteiger partial charge in [0.25, 0.3) is 5.56 Å². The largest absolute Gasteiger partial charge is 0.285 e. The average Bonchev–Trinajstić information content (AvgIpc) is 2.56. The van der Waals surface area contributed by atoms with Crippen molar-refractivity contribution in [3.63, 3.8) is 0 Å². The quantitative estimate of drug-likeness (QED) is 0.536. The van der Waals surface area contributed by atoms with Gasteiger partial charge in [-0.15, -0.1) is 0 Å². The van der Waals surface area contributed by atoms with Crippen molar-refractivity contribution in [3.05, 3.63) is 64.6 Å². The molecule has 0 radical (unpaired) electrons. The van der Waals surface area contributed by atoms with Crippen LogP contribution in [0.4, 0.5) is 0 Å². The number of rotatable bonds is 5. The van der Waals surface area contributed by atoms with Crippen LogP contribution in [0, 0.1) is 0 Å². The molecule has 0 atom stereocenters. The van der Waals surface area contributed by atoms with Crippen molar-refractivity contribution >= 4 is 22.8 Å². The molecule has 22 heavy (non-hydrogen) atoms. The lowest BCUT2D eigenvalue weighted by Crippen LogP contribution is -2.25. The van der Waals surface area contributed by atoms with Crippen molar-refractivity contribution in [1.29, 1.82) is 0 Å². The van der Waals surface area contributed by atoms with E-state index in [1.54, 1.807) is 22.5 Å². The van der Waals surface area contributed by atoms with Crippen molar-refractivity contribution in [2.75, 3.05) is 5.75 Å². The van der Waals surface area contributed by atoms with Crippen LogP contribution in [0.2, 0.25) is 0 Å². The van der Waals surface area contributed by atoms with Crippen molar-refractivity contribution in [1.82, 2.24) is 14.5 Å². The molecule has 3 aromatic rings. The highest BCUT2D eigenvalue weighted by Crippen LogP contribution is 2.17. The van der Waals surface area contributed by atoms with Crippen molar-refractivity contribution in [3.8, 4) is 0 Å². The summed E-state index contributed by atoms with van der Waals surface area (Å²) in [6, 6.07) is 13.8. The second-order valence-electron chi connectivity index (χ2n) is 4.89. The summed E-state index contributed by atoms with van der Waals surface area (Å²) in [5, 5.41) is 0.768. The minimum absolute atomic E-state index is 0.0579. The van der Waals surface area contributed by atoms with Crippen LogP contribution in [0.1, 0.15) is 12.5 Å². The molecule has 0 bridgehead atoms. The number of aromatic nitrogens is 3. The molecule has 0 aliphatic rings. The van der Waals surface area contributed by atoms with Gasteiger partial charge in [0.1, 0.15) is 0 Å². The lowest BCUT2D eigenvalue weighted by molar-refractivity contribution is 0.594. The normalized spacial score (nSPS) is 11.0. The summed E-state index contributed by atoms with van der Waals surface area (Å²) in [7, 11) is 0. The van der Waals surface area contributed by atoms with Crippen LogP contribution in [0.25, 0.3) is 11.0 Å². The van der Waals surface area contributed by atoms with Gasteiger partial charge in [-0.1, -0.05) is 49.0 Å². The van der Waals surface area contributed by atoms with E-state index in [0.717, 1.165) is 17.3 Å². The van der Waals surface area contributed by atoms with E-state index in [2.05, 4.69) is 29.0 Å². The second-order valence-corrected chi connectivity index (χ2v) is 6.12.